The molecule has 0 N–H and O–H groups in total. The van der Waals surface area contributed by atoms with Crippen LogP contribution in [-0.2, 0) is 21.7 Å². The van der Waals surface area contributed by atoms with E-state index >= 15 is 0 Å². The van der Waals surface area contributed by atoms with E-state index in [-0.39, 0.29) is 21.7 Å². The molecule has 11 rings (SSSR count). The Labute approximate surface area is 415 Å². The van der Waals surface area contributed by atoms with Crippen LogP contribution < -0.4 is 4.90 Å². The van der Waals surface area contributed by atoms with Gasteiger partial charge in [0.1, 0.15) is 0 Å². The van der Waals surface area contributed by atoms with Crippen LogP contribution in [0.4, 0.5) is 17.1 Å². The fourth-order valence-electron chi connectivity index (χ4n) is 10.8. The van der Waals surface area contributed by atoms with Gasteiger partial charge in [0.2, 0.25) is 0 Å². The quantitative estimate of drug-likeness (QED) is 0.151. The molecule has 0 aliphatic heterocycles. The lowest BCUT2D eigenvalue weighted by Crippen LogP contribution is -2.16. The summed E-state index contributed by atoms with van der Waals surface area (Å²) in [6.07, 6.45) is 0. The molecule has 348 valence electrons. The lowest BCUT2D eigenvalue weighted by molar-refractivity contribution is 0.590. The maximum atomic E-state index is 2.54. The van der Waals surface area contributed by atoms with Crippen LogP contribution >= 0.6 is 0 Å². The zero-order valence-corrected chi connectivity index (χ0v) is 43.2. The van der Waals surface area contributed by atoms with Gasteiger partial charge in [-0.05, 0) is 137 Å². The van der Waals surface area contributed by atoms with Crippen molar-refractivity contribution in [2.24, 2.45) is 0 Å². The molecule has 1 aromatic heterocycles. The Morgan fingerprint density at radius 3 is 1.36 bits per heavy atom. The average molecular weight is 911 g/mol. The van der Waals surface area contributed by atoms with E-state index < -0.39 is 0 Å². The molecule has 2 nitrogen and oxygen atoms in total. The zero-order valence-electron chi connectivity index (χ0n) is 43.2. The normalized spacial score (nSPS) is 12.9. The Balaban J connectivity index is 1.17. The van der Waals surface area contributed by atoms with Crippen molar-refractivity contribution < 1.29 is 0 Å². The molecule has 1 heterocycles. The van der Waals surface area contributed by atoms with Gasteiger partial charge in [-0.2, -0.15) is 0 Å². The van der Waals surface area contributed by atoms with E-state index in [4.69, 9.17) is 0 Å². The maximum absolute atomic E-state index is 2.54. The van der Waals surface area contributed by atoms with E-state index in [2.05, 4.69) is 275 Å². The maximum Gasteiger partial charge on any atom is 0.0543 e. The molecule has 0 spiro atoms. The van der Waals surface area contributed by atoms with Gasteiger partial charge in [-0.3, -0.25) is 0 Å². The molecule has 0 saturated carbocycles. The Morgan fingerprint density at radius 1 is 0.329 bits per heavy atom. The topological polar surface area (TPSA) is 8.17 Å². The number of benzene rings is 10. The molecule has 10 aromatic carbocycles. The first-order valence-corrected chi connectivity index (χ1v) is 25.3. The molecule has 0 bridgehead atoms. The number of nitrogens with zero attached hydrogens (tertiary/aromatic N) is 2. The van der Waals surface area contributed by atoms with Gasteiger partial charge >= 0.3 is 0 Å². The summed E-state index contributed by atoms with van der Waals surface area (Å²) in [5.74, 6) is 0. The lowest BCUT2D eigenvalue weighted by Gasteiger charge is -2.32. The summed E-state index contributed by atoms with van der Waals surface area (Å²) in [5.41, 5.74) is 17.2. The molecule has 2 heteroatoms. The predicted molar refractivity (Wildman–Crippen MR) is 305 cm³/mol. The molecule has 0 aliphatic carbocycles. The van der Waals surface area contributed by atoms with Gasteiger partial charge in [-0.1, -0.05) is 210 Å². The van der Waals surface area contributed by atoms with E-state index in [1.54, 1.807) is 0 Å². The summed E-state index contributed by atoms with van der Waals surface area (Å²) >= 11 is 0. The van der Waals surface area contributed by atoms with Crippen LogP contribution in [0.3, 0.4) is 0 Å². The minimum atomic E-state index is -0.0687. The molecule has 0 atom stereocenters. The zero-order chi connectivity index (χ0) is 49.1. The summed E-state index contributed by atoms with van der Waals surface area (Å²) in [4.78, 5) is 2.54. The van der Waals surface area contributed by atoms with Crippen molar-refractivity contribution in [2.75, 3.05) is 4.90 Å². The Hall–Kier alpha value is -7.16. The molecular weight excluding hydrogens is 845 g/mol. The number of fused-ring (bicyclic) bond motifs is 3. The van der Waals surface area contributed by atoms with E-state index in [0.717, 1.165) is 17.1 Å². The van der Waals surface area contributed by atoms with Crippen molar-refractivity contribution in [3.05, 3.63) is 204 Å². The molecule has 0 amide bonds. The first kappa shape index (κ1) is 45.3. The fourth-order valence-corrected chi connectivity index (χ4v) is 10.8. The second-order valence-electron chi connectivity index (χ2n) is 23.9. The summed E-state index contributed by atoms with van der Waals surface area (Å²) in [6.45, 7) is 27.7. The molecule has 0 aliphatic rings. The lowest BCUT2D eigenvalue weighted by atomic mass is 9.84. The Kier molecular flexibility index (Phi) is 10.5. The molecular formula is C68H66N2. The van der Waals surface area contributed by atoms with Gasteiger partial charge in [0, 0.05) is 32.8 Å². The molecule has 0 saturated heterocycles. The van der Waals surface area contributed by atoms with Crippen LogP contribution in [0.15, 0.2) is 182 Å². The minimum Gasteiger partial charge on any atom is -0.309 e. The standard InChI is InChI=1S/C68H66N2/c1-65(2,3)48-26-31-52(32-27-48)69(62-42-51(68(10,11)12)28-35-53(62)45-20-18-44(19-21-45)43-16-14-13-15-17-43)58-36-24-46-23-34-55-59(37-25-47-22-33-54(58)63(46)64(47)55)70-60-38-29-49(66(4,5)6)40-56(60)57-41-50(67(7,8)9)30-39-61(57)70/h13-42H,1-12H3. The van der Waals surface area contributed by atoms with Crippen molar-refractivity contribution in [1.82, 2.24) is 4.57 Å². The van der Waals surface area contributed by atoms with Crippen molar-refractivity contribution in [2.45, 2.75) is 105 Å². The molecule has 0 unspecified atom stereocenters. The number of anilines is 3. The number of hydrogen-bond donors (Lipinski definition) is 0. The summed E-state index contributed by atoms with van der Waals surface area (Å²) in [6, 6.07) is 69.5. The third-order valence-corrected chi connectivity index (χ3v) is 15.0. The van der Waals surface area contributed by atoms with E-state index in [1.165, 1.54) is 104 Å². The first-order valence-electron chi connectivity index (χ1n) is 25.3. The third kappa shape index (κ3) is 7.73. The van der Waals surface area contributed by atoms with Gasteiger partial charge in [-0.25, -0.2) is 0 Å². The molecule has 11 aromatic rings. The Morgan fingerprint density at radius 2 is 0.786 bits per heavy atom. The number of rotatable bonds is 6. The molecule has 0 fully saturated rings. The van der Waals surface area contributed by atoms with Gasteiger partial charge < -0.3 is 9.47 Å². The highest BCUT2D eigenvalue weighted by Gasteiger charge is 2.27. The van der Waals surface area contributed by atoms with Crippen LogP contribution in [0.25, 0.3) is 82.1 Å². The molecule has 70 heavy (non-hydrogen) atoms. The van der Waals surface area contributed by atoms with Crippen LogP contribution in [0.5, 0.6) is 0 Å². The van der Waals surface area contributed by atoms with E-state index in [1.807, 2.05) is 0 Å². The number of aromatic nitrogens is 1. The first-order chi connectivity index (χ1) is 33.2. The predicted octanol–water partition coefficient (Wildman–Crippen LogP) is 19.7. The highest BCUT2D eigenvalue weighted by atomic mass is 15.1. The second-order valence-corrected chi connectivity index (χ2v) is 23.9. The third-order valence-electron chi connectivity index (χ3n) is 15.0. The average Bonchev–Trinajstić information content (AvgIpc) is 3.66. The monoisotopic (exact) mass is 911 g/mol. The van der Waals surface area contributed by atoms with Gasteiger partial charge in [0.05, 0.1) is 28.1 Å². The van der Waals surface area contributed by atoms with Crippen molar-refractivity contribution in [3.63, 3.8) is 0 Å². The van der Waals surface area contributed by atoms with E-state index in [9.17, 15) is 0 Å². The summed E-state index contributed by atoms with van der Waals surface area (Å²) < 4.78 is 2.53. The summed E-state index contributed by atoms with van der Waals surface area (Å²) in [7, 11) is 0. The van der Waals surface area contributed by atoms with Crippen molar-refractivity contribution in [3.8, 4) is 27.9 Å². The van der Waals surface area contributed by atoms with Gasteiger partial charge in [0.15, 0.2) is 0 Å². The van der Waals surface area contributed by atoms with E-state index in [0.29, 0.717) is 0 Å². The van der Waals surface area contributed by atoms with Gasteiger partial charge in [0.25, 0.3) is 0 Å². The van der Waals surface area contributed by atoms with Crippen LogP contribution in [0, 0.1) is 0 Å². The second kappa shape index (κ2) is 16.2. The van der Waals surface area contributed by atoms with Crippen LogP contribution in [0.2, 0.25) is 0 Å². The molecule has 0 radical (unpaired) electrons. The van der Waals surface area contributed by atoms with Crippen molar-refractivity contribution in [1.29, 1.82) is 0 Å². The smallest absolute Gasteiger partial charge is 0.0543 e. The summed E-state index contributed by atoms with van der Waals surface area (Å²) in [5, 5.41) is 10.2. The fraction of sp³-hybridized carbons (Fsp3) is 0.235. The minimum absolute atomic E-state index is 0.0198. The highest BCUT2D eigenvalue weighted by molar-refractivity contribution is 6.27. The number of hydrogen-bond acceptors (Lipinski definition) is 1. The highest BCUT2D eigenvalue weighted by Crippen LogP contribution is 2.49. The Bertz CT molecular complexity index is 3690. The van der Waals surface area contributed by atoms with Crippen LogP contribution in [0.1, 0.15) is 105 Å². The van der Waals surface area contributed by atoms with Crippen LogP contribution in [-0.4, -0.2) is 4.57 Å². The van der Waals surface area contributed by atoms with Crippen molar-refractivity contribution >= 4 is 71.2 Å². The van der Waals surface area contributed by atoms with Gasteiger partial charge in [-0.15, -0.1) is 0 Å². The largest absolute Gasteiger partial charge is 0.309 e. The SMILES string of the molecule is CC(C)(C)c1ccc(N(c2cc(C(C)(C)C)ccc2-c2ccc(-c3ccccc3)cc2)c2ccc3ccc4c(-n5c6ccc(C(C)(C)C)cc6c6cc(C(C)(C)C)ccc65)ccc5ccc2c3c54)cc1.